The fourth-order valence-corrected chi connectivity index (χ4v) is 2.88. The van der Waals surface area contributed by atoms with Crippen LogP contribution in [-0.4, -0.2) is 22.1 Å². The van der Waals surface area contributed by atoms with E-state index < -0.39 is 0 Å². The van der Waals surface area contributed by atoms with Crippen LogP contribution < -0.4 is 5.56 Å². The van der Waals surface area contributed by atoms with Gasteiger partial charge in [-0.25, -0.2) is 4.39 Å². The van der Waals surface area contributed by atoms with Crippen molar-refractivity contribution in [2.45, 2.75) is 26.3 Å². The molecule has 26 heavy (non-hydrogen) atoms. The predicted molar refractivity (Wildman–Crippen MR) is 96.4 cm³/mol. The highest BCUT2D eigenvalue weighted by Gasteiger charge is 2.14. The maximum absolute atomic E-state index is 13.0. The number of aryl methyl sites for hydroxylation is 2. The predicted octanol–water partition coefficient (Wildman–Crippen LogP) is 2.88. The van der Waals surface area contributed by atoms with Gasteiger partial charge < -0.3 is 9.30 Å². The Kier molecular flexibility index (Phi) is 5.41. The second-order valence-corrected chi connectivity index (χ2v) is 5.87. The van der Waals surface area contributed by atoms with E-state index in [0.29, 0.717) is 29.6 Å². The quantitative estimate of drug-likeness (QED) is 0.639. The summed E-state index contributed by atoms with van der Waals surface area (Å²) in [6, 6.07) is 13.2. The molecule has 0 N–H and O–H groups in total. The molecule has 0 aliphatic rings. The fourth-order valence-electron chi connectivity index (χ4n) is 2.88. The van der Waals surface area contributed by atoms with E-state index >= 15 is 0 Å². The molecular weight excluding hydrogens is 335 g/mol. The number of para-hydroxylation sites is 1. The first-order chi connectivity index (χ1) is 12.6. The number of fused-ring (bicyclic) bond motifs is 1. The Morgan fingerprint density at radius 1 is 1.12 bits per heavy atom. The highest BCUT2D eigenvalue weighted by molar-refractivity contribution is 5.80. The second kappa shape index (κ2) is 7.91. The first kappa shape index (κ1) is 17.8. The molecule has 0 atom stereocenters. The summed E-state index contributed by atoms with van der Waals surface area (Å²) in [4.78, 5) is 28.5. The first-order valence-electron chi connectivity index (χ1n) is 8.47. The molecule has 0 bridgehead atoms. The first-order valence-corrected chi connectivity index (χ1v) is 8.47. The summed E-state index contributed by atoms with van der Waals surface area (Å²) >= 11 is 0. The second-order valence-electron chi connectivity index (χ2n) is 5.87. The van der Waals surface area contributed by atoms with E-state index in [1.807, 2.05) is 6.07 Å². The van der Waals surface area contributed by atoms with Crippen LogP contribution in [-0.2, 0) is 28.9 Å². The number of esters is 1. The van der Waals surface area contributed by atoms with Crippen molar-refractivity contribution in [3.63, 3.8) is 0 Å². The Labute approximate surface area is 150 Å². The molecule has 1 aromatic heterocycles. The van der Waals surface area contributed by atoms with Crippen LogP contribution >= 0.6 is 0 Å². The zero-order valence-electron chi connectivity index (χ0n) is 14.4. The number of aromatic nitrogens is 2. The molecule has 0 saturated heterocycles. The smallest absolute Gasteiger partial charge is 0.326 e. The summed E-state index contributed by atoms with van der Waals surface area (Å²) in [6.45, 7) is 2.02. The third kappa shape index (κ3) is 3.96. The van der Waals surface area contributed by atoms with Gasteiger partial charge >= 0.3 is 5.97 Å². The summed E-state index contributed by atoms with van der Waals surface area (Å²) < 4.78 is 19.8. The minimum atomic E-state index is -0.383. The Morgan fingerprint density at radius 2 is 1.85 bits per heavy atom. The van der Waals surface area contributed by atoms with Crippen LogP contribution in [0.15, 0.2) is 53.3 Å². The van der Waals surface area contributed by atoms with Gasteiger partial charge in [0.05, 0.1) is 17.5 Å². The van der Waals surface area contributed by atoms with E-state index in [-0.39, 0.29) is 30.5 Å². The third-order valence-corrected chi connectivity index (χ3v) is 4.11. The van der Waals surface area contributed by atoms with Gasteiger partial charge in [-0.05, 0) is 43.2 Å². The number of benzene rings is 2. The monoisotopic (exact) mass is 354 g/mol. The molecule has 0 fully saturated rings. The van der Waals surface area contributed by atoms with E-state index in [2.05, 4.69) is 4.98 Å². The Hall–Kier alpha value is -3.02. The molecule has 3 rings (SSSR count). The van der Waals surface area contributed by atoms with Gasteiger partial charge in [-0.15, -0.1) is 0 Å². The summed E-state index contributed by atoms with van der Waals surface area (Å²) in [5, 5.41) is 0.460. The van der Waals surface area contributed by atoms with Gasteiger partial charge in [0, 0.05) is 6.42 Å². The lowest BCUT2D eigenvalue weighted by atomic mass is 10.1. The summed E-state index contributed by atoms with van der Waals surface area (Å²) in [5.74, 6) is -0.172. The molecule has 134 valence electrons. The number of rotatable bonds is 6. The van der Waals surface area contributed by atoms with Crippen molar-refractivity contribution in [2.75, 3.05) is 6.61 Å². The summed E-state index contributed by atoms with van der Waals surface area (Å²) in [7, 11) is 0. The number of nitrogens with zero attached hydrogens (tertiary/aromatic N) is 2. The maximum Gasteiger partial charge on any atom is 0.326 e. The highest BCUT2D eigenvalue weighted by Crippen LogP contribution is 2.14. The van der Waals surface area contributed by atoms with Gasteiger partial charge in [0.1, 0.15) is 18.2 Å². The largest absolute Gasteiger partial charge is 0.465 e. The molecule has 0 spiro atoms. The van der Waals surface area contributed by atoms with Crippen molar-refractivity contribution in [3.8, 4) is 0 Å². The van der Waals surface area contributed by atoms with E-state index in [9.17, 15) is 14.0 Å². The highest BCUT2D eigenvalue weighted by atomic mass is 19.1. The zero-order valence-corrected chi connectivity index (χ0v) is 14.4. The van der Waals surface area contributed by atoms with Crippen molar-refractivity contribution in [1.29, 1.82) is 0 Å². The number of halogens is 1. The van der Waals surface area contributed by atoms with Crippen LogP contribution in [0, 0.1) is 5.82 Å². The minimum absolute atomic E-state index is 0.0135. The van der Waals surface area contributed by atoms with Gasteiger partial charge in [0.25, 0.3) is 5.56 Å². The van der Waals surface area contributed by atoms with E-state index in [1.54, 1.807) is 41.8 Å². The van der Waals surface area contributed by atoms with Crippen LogP contribution in [0.5, 0.6) is 0 Å². The molecule has 0 aliphatic heterocycles. The van der Waals surface area contributed by atoms with Gasteiger partial charge in [-0.2, -0.15) is 4.98 Å². The molecule has 6 heteroatoms. The maximum atomic E-state index is 13.0. The number of hydrogen-bond donors (Lipinski definition) is 0. The summed E-state index contributed by atoms with van der Waals surface area (Å²) in [6.07, 6.45) is 1.03. The Morgan fingerprint density at radius 3 is 2.58 bits per heavy atom. The number of ether oxygens (including phenoxy) is 1. The molecule has 0 saturated carbocycles. The van der Waals surface area contributed by atoms with Crippen molar-refractivity contribution in [3.05, 3.63) is 76.1 Å². The molecule has 2 aromatic carbocycles. The standard InChI is InChI=1S/C20H19FN2O3/c1-2-26-19(24)13-23-17-6-4-3-5-16(17)20(25)22-18(23)12-9-14-7-10-15(21)11-8-14/h3-8,10-11H,2,9,12-13H2,1H3. The van der Waals surface area contributed by atoms with Gasteiger partial charge in [-0.3, -0.25) is 9.59 Å². The molecule has 0 amide bonds. The molecule has 3 aromatic rings. The van der Waals surface area contributed by atoms with Crippen molar-refractivity contribution in [2.24, 2.45) is 0 Å². The van der Waals surface area contributed by atoms with E-state index in [4.69, 9.17) is 4.74 Å². The fraction of sp³-hybridized carbons (Fsp3) is 0.250. The van der Waals surface area contributed by atoms with Gasteiger partial charge in [0.15, 0.2) is 0 Å². The average Bonchev–Trinajstić information content (AvgIpc) is 2.64. The van der Waals surface area contributed by atoms with E-state index in [1.165, 1.54) is 12.1 Å². The molecular formula is C20H19FN2O3. The normalized spacial score (nSPS) is 10.8. The number of hydrogen-bond acceptors (Lipinski definition) is 4. The van der Waals surface area contributed by atoms with Crippen LogP contribution in [0.25, 0.3) is 10.9 Å². The van der Waals surface area contributed by atoms with Crippen molar-refractivity contribution < 1.29 is 13.9 Å². The average molecular weight is 354 g/mol. The molecule has 1 heterocycles. The van der Waals surface area contributed by atoms with Crippen molar-refractivity contribution in [1.82, 2.24) is 9.55 Å². The van der Waals surface area contributed by atoms with Gasteiger partial charge in [0.2, 0.25) is 0 Å². The Bertz CT molecular complexity index is 981. The van der Waals surface area contributed by atoms with Crippen LogP contribution in [0.1, 0.15) is 18.3 Å². The van der Waals surface area contributed by atoms with Crippen molar-refractivity contribution >= 4 is 16.9 Å². The molecule has 5 nitrogen and oxygen atoms in total. The zero-order chi connectivity index (χ0) is 18.5. The lowest BCUT2D eigenvalue weighted by Gasteiger charge is -2.15. The van der Waals surface area contributed by atoms with Gasteiger partial charge in [-0.1, -0.05) is 24.3 Å². The molecule has 0 unspecified atom stereocenters. The number of carbonyl (C=O) groups is 1. The van der Waals surface area contributed by atoms with Crippen LogP contribution in [0.2, 0.25) is 0 Å². The van der Waals surface area contributed by atoms with Crippen LogP contribution in [0.4, 0.5) is 4.39 Å². The molecule has 0 aliphatic carbocycles. The lowest BCUT2D eigenvalue weighted by Crippen LogP contribution is -2.23. The van der Waals surface area contributed by atoms with E-state index in [0.717, 1.165) is 5.56 Å². The topological polar surface area (TPSA) is 61.2 Å². The minimum Gasteiger partial charge on any atom is -0.465 e. The third-order valence-electron chi connectivity index (χ3n) is 4.11. The SMILES string of the molecule is CCOC(=O)Cn1c(CCc2ccc(F)cc2)nc(=O)c2ccccc21. The lowest BCUT2D eigenvalue weighted by molar-refractivity contribution is -0.143. The molecule has 0 radical (unpaired) electrons. The van der Waals surface area contributed by atoms with Crippen LogP contribution in [0.3, 0.4) is 0 Å². The Balaban J connectivity index is 1.97. The number of carbonyl (C=O) groups excluding carboxylic acids is 1. The summed E-state index contributed by atoms with van der Waals surface area (Å²) in [5.41, 5.74) is 1.25.